The summed E-state index contributed by atoms with van der Waals surface area (Å²) in [7, 11) is 0. The fourth-order valence-electron chi connectivity index (χ4n) is 0.894. The van der Waals surface area contributed by atoms with Gasteiger partial charge in [-0.05, 0) is 0 Å². The molecular formula is C16H40N4V4. The van der Waals surface area contributed by atoms with Crippen LogP contribution in [0.2, 0.25) is 0 Å². The Morgan fingerprint density at radius 2 is 0.417 bits per heavy atom. The van der Waals surface area contributed by atoms with Crippen LogP contribution in [0.3, 0.4) is 0 Å². The van der Waals surface area contributed by atoms with E-state index in [4.69, 9.17) is 0 Å². The molecule has 0 rings (SSSR count). The van der Waals surface area contributed by atoms with E-state index in [0.717, 1.165) is 52.4 Å². The molecule has 0 aromatic rings. The third-order valence-corrected chi connectivity index (χ3v) is 6.45. The zero-order chi connectivity index (χ0) is 20.0. The summed E-state index contributed by atoms with van der Waals surface area (Å²) in [5, 5.41) is 0. The van der Waals surface area contributed by atoms with E-state index in [-0.39, 0.29) is 0 Å². The van der Waals surface area contributed by atoms with Gasteiger partial charge in [0.1, 0.15) is 0 Å². The van der Waals surface area contributed by atoms with Crippen molar-refractivity contribution in [1.82, 2.24) is 15.0 Å². The molecule has 0 aliphatic carbocycles. The van der Waals surface area contributed by atoms with Gasteiger partial charge in [0.05, 0.1) is 0 Å². The zero-order valence-electron chi connectivity index (χ0n) is 17.2. The predicted octanol–water partition coefficient (Wildman–Crippen LogP) is 3.16. The molecule has 0 aromatic carbocycles. The van der Waals surface area contributed by atoms with Gasteiger partial charge < -0.3 is 0 Å². The van der Waals surface area contributed by atoms with Crippen LogP contribution < -0.4 is 0 Å². The molecule has 0 spiro atoms. The fraction of sp³-hybridized carbons (Fsp3) is 1.00. The molecule has 0 amide bonds. The Kier molecular flexibility index (Phi) is 42.1. The molecule has 0 radical (unpaired) electrons. The van der Waals surface area contributed by atoms with Crippen molar-refractivity contribution in [3.05, 3.63) is 0 Å². The van der Waals surface area contributed by atoms with Gasteiger partial charge in [-0.15, -0.1) is 0 Å². The van der Waals surface area contributed by atoms with E-state index in [1.54, 1.807) is 0 Å². The van der Waals surface area contributed by atoms with Crippen molar-refractivity contribution in [2.24, 2.45) is 0 Å². The Bertz CT molecular complexity index is 147. The van der Waals surface area contributed by atoms with E-state index in [1.165, 1.54) is 0 Å². The van der Waals surface area contributed by atoms with Gasteiger partial charge in [0, 0.05) is 0 Å². The Hall–Kier alpha value is 2.18. The first-order chi connectivity index (χ1) is 11.2. The third-order valence-electron chi connectivity index (χ3n) is 2.92. The van der Waals surface area contributed by atoms with Gasteiger partial charge in [0.2, 0.25) is 0 Å². The standard InChI is InChI=1S/4C4H10N.4V/c4*1-3-5-4-2;;;;/h4*3-4H2,1-2H3;;;;/q4*-1;4*+1. The van der Waals surface area contributed by atoms with E-state index in [1.807, 2.05) is 0 Å². The summed E-state index contributed by atoms with van der Waals surface area (Å²) in [6, 6.07) is 0. The Labute approximate surface area is 192 Å². The first-order valence-corrected chi connectivity index (χ1v) is 11.5. The zero-order valence-corrected chi connectivity index (χ0v) is 22.8. The van der Waals surface area contributed by atoms with Gasteiger partial charge in [-0.1, -0.05) is 0 Å². The summed E-state index contributed by atoms with van der Waals surface area (Å²) in [6.07, 6.45) is 0. The van der Waals surface area contributed by atoms with Crippen LogP contribution in [0.4, 0.5) is 0 Å². The van der Waals surface area contributed by atoms with Gasteiger partial charge in [-0.2, -0.15) is 0 Å². The summed E-state index contributed by atoms with van der Waals surface area (Å²) in [4.78, 5) is 0. The van der Waals surface area contributed by atoms with Crippen molar-refractivity contribution < 1.29 is 70.6 Å². The summed E-state index contributed by atoms with van der Waals surface area (Å²) in [5.41, 5.74) is 0. The van der Waals surface area contributed by atoms with Crippen LogP contribution in [0.1, 0.15) is 55.4 Å². The summed E-state index contributed by atoms with van der Waals surface area (Å²) in [5.74, 6) is 0. The molecule has 0 fully saturated rings. The monoisotopic (exact) mass is 492 g/mol. The fourth-order valence-corrected chi connectivity index (χ4v) is 0.894. The number of nitrogens with zero attached hydrogens (tertiary/aromatic N) is 4. The van der Waals surface area contributed by atoms with Crippen LogP contribution in [0.5, 0.6) is 0 Å². The molecule has 0 saturated carbocycles. The topological polar surface area (TPSA) is 13.0 Å². The molecule has 0 unspecified atom stereocenters. The minimum absolute atomic E-state index is 1.14. The minimum atomic E-state index is 1.14. The summed E-state index contributed by atoms with van der Waals surface area (Å²) < 4.78 is 8.75. The molecule has 0 saturated heterocycles. The molecule has 144 valence electrons. The molecule has 0 N–H and O–H groups in total. The van der Waals surface area contributed by atoms with Gasteiger partial charge in [0.25, 0.3) is 0 Å². The van der Waals surface area contributed by atoms with Crippen LogP contribution in [-0.4, -0.2) is 67.4 Å². The molecule has 0 heterocycles. The third kappa shape index (κ3) is 39.3. The van der Waals surface area contributed by atoms with Crippen molar-refractivity contribution in [3.63, 3.8) is 0 Å². The molecule has 8 heteroatoms. The Morgan fingerprint density at radius 1 is 0.333 bits per heavy atom. The second kappa shape index (κ2) is 29.9. The van der Waals surface area contributed by atoms with Crippen LogP contribution in [-0.2, 0) is 70.6 Å². The van der Waals surface area contributed by atoms with E-state index in [2.05, 4.69) is 141 Å². The molecule has 0 aliphatic rings. The number of rotatable bonds is 8. The molecular weight excluding hydrogens is 452 g/mol. The van der Waals surface area contributed by atoms with Crippen molar-refractivity contribution in [2.45, 2.75) is 55.4 Å². The van der Waals surface area contributed by atoms with E-state index in [0.29, 0.717) is 0 Å². The van der Waals surface area contributed by atoms with E-state index < -0.39 is 0 Å². The molecule has 0 atom stereocenters. The van der Waals surface area contributed by atoms with Crippen LogP contribution >= 0.6 is 0 Å². The average Bonchev–Trinajstić information content (AvgIpc) is 2.66. The molecule has 0 aromatic heterocycles. The van der Waals surface area contributed by atoms with E-state index in [9.17, 15) is 0 Å². The molecule has 0 bridgehead atoms. The molecule has 24 heavy (non-hydrogen) atoms. The van der Waals surface area contributed by atoms with Gasteiger partial charge in [0.15, 0.2) is 0 Å². The SMILES string of the molecule is CC[N]([V])CC.CC[N]([V])CC.CC[N]([V])CC.CC[N]([V])CC. The van der Waals surface area contributed by atoms with Gasteiger partial charge >= 0.3 is 193 Å². The molecule has 4 nitrogen and oxygen atoms in total. The van der Waals surface area contributed by atoms with Crippen LogP contribution in [0, 0.1) is 0 Å². The Morgan fingerprint density at radius 3 is 0.417 bits per heavy atom. The van der Waals surface area contributed by atoms with Crippen LogP contribution in [0.25, 0.3) is 0 Å². The normalized spacial score (nSPS) is 9.83. The van der Waals surface area contributed by atoms with Crippen molar-refractivity contribution in [1.29, 1.82) is 0 Å². The second-order valence-electron chi connectivity index (χ2n) is 4.56. The number of hydrogen-bond donors (Lipinski definition) is 0. The van der Waals surface area contributed by atoms with Crippen molar-refractivity contribution >= 4 is 0 Å². The maximum absolute atomic E-state index is 2.51. The first kappa shape index (κ1) is 33.7. The summed E-state index contributed by atoms with van der Waals surface area (Å²) >= 11 is 10.0. The van der Waals surface area contributed by atoms with Gasteiger partial charge in [-0.3, -0.25) is 0 Å². The molecule has 0 aliphatic heterocycles. The predicted molar refractivity (Wildman–Crippen MR) is 91.7 cm³/mol. The quantitative estimate of drug-likeness (QED) is 0.517. The summed E-state index contributed by atoms with van der Waals surface area (Å²) in [6.45, 7) is 26.2. The Balaban J connectivity index is -0.000000111. The second-order valence-corrected chi connectivity index (χ2v) is 8.09. The van der Waals surface area contributed by atoms with E-state index >= 15 is 0 Å². The first-order valence-electron chi connectivity index (χ1n) is 8.99. The van der Waals surface area contributed by atoms with Crippen molar-refractivity contribution in [3.8, 4) is 0 Å². The maximum atomic E-state index is 2.51. The average molecular weight is 492 g/mol. The van der Waals surface area contributed by atoms with Crippen molar-refractivity contribution in [2.75, 3.05) is 52.4 Å². The van der Waals surface area contributed by atoms with Crippen LogP contribution in [0.15, 0.2) is 0 Å². The van der Waals surface area contributed by atoms with Gasteiger partial charge in [-0.25, -0.2) is 0 Å². The number of hydrogen-bond acceptors (Lipinski definition) is 4.